The molecule has 3 nitrogen and oxygen atoms in total. The Morgan fingerprint density at radius 2 is 2.32 bits per heavy atom. The van der Waals surface area contributed by atoms with E-state index in [1.807, 2.05) is 19.1 Å². The van der Waals surface area contributed by atoms with Crippen molar-refractivity contribution in [1.29, 1.82) is 0 Å². The Bertz CT molecular complexity index is 550. The first kappa shape index (κ1) is 15.1. The number of carbonyl (C=O) groups is 1. The molecule has 97 valence electrons. The van der Waals surface area contributed by atoms with Gasteiger partial charge in [0, 0.05) is 38.5 Å². The Morgan fingerprint density at radius 1 is 1.53 bits per heavy atom. The molecule has 0 aliphatic carbocycles. The third kappa shape index (κ3) is 2.39. The van der Waals surface area contributed by atoms with E-state index in [4.69, 9.17) is 0 Å². The number of benzene rings is 1. The van der Waals surface area contributed by atoms with E-state index in [0.717, 1.165) is 29.1 Å². The summed E-state index contributed by atoms with van der Waals surface area (Å²) in [6.07, 6.45) is 0.802. The van der Waals surface area contributed by atoms with E-state index in [0.29, 0.717) is 5.57 Å². The van der Waals surface area contributed by atoms with Crippen LogP contribution in [0.1, 0.15) is 17.5 Å². The van der Waals surface area contributed by atoms with Crippen molar-refractivity contribution in [3.8, 4) is 0 Å². The third-order valence-corrected chi connectivity index (χ3v) is 4.82. The van der Waals surface area contributed by atoms with Crippen LogP contribution in [0, 0.1) is 13.0 Å². The molecule has 1 radical (unpaired) electrons. The van der Waals surface area contributed by atoms with Crippen molar-refractivity contribution in [3.05, 3.63) is 41.2 Å². The van der Waals surface area contributed by atoms with Gasteiger partial charge >= 0.3 is 0 Å². The van der Waals surface area contributed by atoms with Crippen LogP contribution in [0.15, 0.2) is 24.0 Å². The molecule has 1 fully saturated rings. The summed E-state index contributed by atoms with van der Waals surface area (Å²) in [4.78, 5) is 12.2. The summed E-state index contributed by atoms with van der Waals surface area (Å²) in [5.74, 6) is 1.78. The van der Waals surface area contributed by atoms with Gasteiger partial charge in [0.1, 0.15) is 11.3 Å². The number of thioether (sulfide) groups is 1. The summed E-state index contributed by atoms with van der Waals surface area (Å²) >= 11 is 1.76. The van der Waals surface area contributed by atoms with Crippen LogP contribution >= 0.6 is 11.8 Å². The minimum atomic E-state index is -0.525. The smallest absolute Gasteiger partial charge is 0.254 e. The van der Waals surface area contributed by atoms with Crippen LogP contribution in [0.25, 0.3) is 5.57 Å². The van der Waals surface area contributed by atoms with E-state index < -0.39 is 5.54 Å². The van der Waals surface area contributed by atoms with Crippen LogP contribution in [0.2, 0.25) is 0 Å². The Hall–Kier alpha value is -0.316. The number of aliphatic hydroxyl groups excluding tert-OH is 1. The first-order valence-electron chi connectivity index (χ1n) is 5.95. The van der Waals surface area contributed by atoms with E-state index in [1.165, 1.54) is 0 Å². The number of hydrogen-bond acceptors (Lipinski definition) is 3. The molecule has 0 aromatic heterocycles. The van der Waals surface area contributed by atoms with Crippen molar-refractivity contribution in [2.45, 2.75) is 18.9 Å². The van der Waals surface area contributed by atoms with Gasteiger partial charge in [0.25, 0.3) is 5.91 Å². The predicted molar refractivity (Wildman–Crippen MR) is 72.4 cm³/mol. The SMILES string of the molecule is Cc1c[c-]ccc1C1=C(O)C2(CCSC2)NC1=O.[Y]. The fourth-order valence-corrected chi connectivity index (χ4v) is 3.92. The minimum absolute atomic E-state index is 0. The molecule has 19 heavy (non-hydrogen) atoms. The van der Waals surface area contributed by atoms with Crippen LogP contribution in [-0.4, -0.2) is 28.1 Å². The summed E-state index contributed by atoms with van der Waals surface area (Å²) in [7, 11) is 0. The van der Waals surface area contributed by atoms with Gasteiger partial charge in [0.05, 0.1) is 5.57 Å². The molecular weight excluding hydrogens is 335 g/mol. The van der Waals surface area contributed by atoms with Gasteiger partial charge in [-0.1, -0.05) is 6.92 Å². The summed E-state index contributed by atoms with van der Waals surface area (Å²) in [5.41, 5.74) is 1.67. The van der Waals surface area contributed by atoms with Crippen molar-refractivity contribution in [1.82, 2.24) is 5.32 Å². The van der Waals surface area contributed by atoms with Crippen molar-refractivity contribution >= 4 is 23.2 Å². The number of rotatable bonds is 1. The first-order chi connectivity index (χ1) is 8.64. The van der Waals surface area contributed by atoms with Gasteiger partial charge in [0.2, 0.25) is 0 Å². The maximum absolute atomic E-state index is 12.2. The average molecular weight is 349 g/mol. The molecule has 3 rings (SSSR count). The zero-order valence-corrected chi connectivity index (χ0v) is 14.3. The van der Waals surface area contributed by atoms with E-state index in [9.17, 15) is 9.90 Å². The van der Waals surface area contributed by atoms with Gasteiger partial charge in [-0.15, -0.1) is 5.56 Å². The maximum atomic E-state index is 12.2. The molecule has 0 bridgehead atoms. The molecule has 2 N–H and O–H groups in total. The Morgan fingerprint density at radius 3 is 2.95 bits per heavy atom. The van der Waals surface area contributed by atoms with Gasteiger partial charge in [-0.25, -0.2) is 0 Å². The quantitative estimate of drug-likeness (QED) is 0.764. The van der Waals surface area contributed by atoms with Crippen molar-refractivity contribution in [2.24, 2.45) is 0 Å². The van der Waals surface area contributed by atoms with Crippen LogP contribution < -0.4 is 5.32 Å². The van der Waals surface area contributed by atoms with E-state index in [2.05, 4.69) is 11.4 Å². The normalized spacial score (nSPS) is 25.6. The fourth-order valence-electron chi connectivity index (χ4n) is 2.58. The largest absolute Gasteiger partial charge is 0.509 e. The minimum Gasteiger partial charge on any atom is -0.509 e. The molecule has 1 unspecified atom stereocenters. The fraction of sp³-hybridized carbons (Fsp3) is 0.357. The van der Waals surface area contributed by atoms with Crippen molar-refractivity contribution < 1.29 is 42.6 Å². The topological polar surface area (TPSA) is 49.3 Å². The summed E-state index contributed by atoms with van der Waals surface area (Å²) in [6, 6.07) is 8.41. The van der Waals surface area contributed by atoms with Crippen LogP contribution in [-0.2, 0) is 37.5 Å². The standard InChI is InChI=1S/C14H14NO2S.Y/c1-9-4-2-3-5-10(9)11-12(16)14(15-13(11)17)6-7-18-8-14;/h3-5,16H,6-8H2,1H3,(H,15,17);/q-1;. The number of aryl methyl sites for hydroxylation is 1. The number of hydrogen-bond donors (Lipinski definition) is 2. The maximum Gasteiger partial charge on any atom is 0.254 e. The molecule has 5 heteroatoms. The van der Waals surface area contributed by atoms with Crippen LogP contribution in [0.5, 0.6) is 0 Å². The predicted octanol–water partition coefficient (Wildman–Crippen LogP) is 2.07. The van der Waals surface area contributed by atoms with Crippen molar-refractivity contribution in [3.63, 3.8) is 0 Å². The Labute approximate surface area is 142 Å². The van der Waals surface area contributed by atoms with Gasteiger partial charge in [-0.2, -0.15) is 41.6 Å². The number of amides is 1. The number of aliphatic hydroxyl groups is 1. The van der Waals surface area contributed by atoms with E-state index >= 15 is 0 Å². The second-order valence-corrected chi connectivity index (χ2v) is 5.91. The van der Waals surface area contributed by atoms with E-state index in [-0.39, 0.29) is 44.4 Å². The zero-order chi connectivity index (χ0) is 12.8. The summed E-state index contributed by atoms with van der Waals surface area (Å²) in [6.45, 7) is 1.92. The molecule has 1 aromatic carbocycles. The van der Waals surface area contributed by atoms with E-state index in [1.54, 1.807) is 17.8 Å². The van der Waals surface area contributed by atoms with Gasteiger partial charge in [0.15, 0.2) is 0 Å². The molecule has 1 saturated heterocycles. The summed E-state index contributed by atoms with van der Waals surface area (Å²) < 4.78 is 0. The second kappa shape index (κ2) is 5.59. The molecule has 2 aliphatic rings. The first-order valence-corrected chi connectivity index (χ1v) is 7.10. The Kier molecular flexibility index (Phi) is 4.43. The molecule has 1 atom stereocenters. The monoisotopic (exact) mass is 349 g/mol. The Balaban J connectivity index is 0.00000133. The number of carbonyl (C=O) groups excluding carboxylic acids is 1. The molecular formula is C14H14NO2SY-. The van der Waals surface area contributed by atoms with Gasteiger partial charge < -0.3 is 10.4 Å². The van der Waals surface area contributed by atoms with Crippen molar-refractivity contribution in [2.75, 3.05) is 11.5 Å². The van der Waals surface area contributed by atoms with Crippen LogP contribution in [0.4, 0.5) is 0 Å². The van der Waals surface area contributed by atoms with Crippen LogP contribution in [0.3, 0.4) is 0 Å². The number of nitrogens with one attached hydrogen (secondary N) is 1. The average Bonchev–Trinajstić information content (AvgIpc) is 2.89. The molecule has 2 aliphatic heterocycles. The molecule has 2 heterocycles. The summed E-state index contributed by atoms with van der Waals surface area (Å²) in [5, 5.41) is 13.4. The third-order valence-electron chi connectivity index (χ3n) is 3.63. The molecule has 1 aromatic rings. The molecule has 0 saturated carbocycles. The molecule has 1 amide bonds. The van der Waals surface area contributed by atoms with Gasteiger partial charge in [-0.3, -0.25) is 4.79 Å². The second-order valence-electron chi connectivity index (χ2n) is 4.80. The van der Waals surface area contributed by atoms with Gasteiger partial charge in [-0.05, 0) is 12.2 Å². The molecule has 1 spiro atoms. The zero-order valence-electron chi connectivity index (χ0n) is 10.7.